The highest BCUT2D eigenvalue weighted by Crippen LogP contribution is 2.03. The molecule has 0 amide bonds. The maximum Gasteiger partial charge on any atom is 0.281 e. The van der Waals surface area contributed by atoms with Gasteiger partial charge < -0.3 is 5.73 Å². The van der Waals surface area contributed by atoms with Gasteiger partial charge in [0, 0.05) is 27.2 Å². The predicted octanol–water partition coefficient (Wildman–Crippen LogP) is -0.370. The van der Waals surface area contributed by atoms with Gasteiger partial charge in [-0.1, -0.05) is 6.08 Å². The minimum absolute atomic E-state index is 0.315. The Labute approximate surface area is 86.4 Å². The van der Waals surface area contributed by atoms with Gasteiger partial charge in [0.05, 0.1) is 0 Å². The van der Waals surface area contributed by atoms with E-state index in [0.29, 0.717) is 26.1 Å². The molecule has 14 heavy (non-hydrogen) atoms. The third-order valence-corrected chi connectivity index (χ3v) is 3.76. The number of hydrogen-bond acceptors (Lipinski definition) is 3. The SMILES string of the molecule is C=CCN(C)S(=O)(=O)N(C)CCCN. The average molecular weight is 221 g/mol. The number of nitrogens with zero attached hydrogens (tertiary/aromatic N) is 2. The standard InChI is InChI=1S/C8H19N3O2S/c1-4-7-10(2)14(12,13)11(3)8-5-6-9/h4H,1,5-9H2,2-3H3. The Morgan fingerprint density at radius 2 is 1.93 bits per heavy atom. The molecule has 0 saturated heterocycles. The van der Waals surface area contributed by atoms with Crippen LogP contribution in [0.5, 0.6) is 0 Å². The van der Waals surface area contributed by atoms with Crippen LogP contribution in [0.4, 0.5) is 0 Å². The van der Waals surface area contributed by atoms with Crippen LogP contribution in [0, 0.1) is 0 Å². The summed E-state index contributed by atoms with van der Waals surface area (Å²) in [6.45, 7) is 4.74. The molecule has 0 heterocycles. The largest absolute Gasteiger partial charge is 0.330 e. The lowest BCUT2D eigenvalue weighted by Crippen LogP contribution is -2.40. The molecule has 0 aromatic rings. The highest BCUT2D eigenvalue weighted by molar-refractivity contribution is 7.86. The zero-order valence-corrected chi connectivity index (χ0v) is 9.63. The molecule has 2 N–H and O–H groups in total. The lowest BCUT2D eigenvalue weighted by molar-refractivity contribution is 0.404. The average Bonchev–Trinajstić information content (AvgIpc) is 2.14. The first-order valence-electron chi connectivity index (χ1n) is 4.45. The van der Waals surface area contributed by atoms with Gasteiger partial charge in [-0.3, -0.25) is 0 Å². The van der Waals surface area contributed by atoms with Gasteiger partial charge in [-0.2, -0.15) is 17.0 Å². The molecule has 0 aliphatic rings. The van der Waals surface area contributed by atoms with Crippen LogP contribution in [0.2, 0.25) is 0 Å². The van der Waals surface area contributed by atoms with Gasteiger partial charge in [0.2, 0.25) is 0 Å². The summed E-state index contributed by atoms with van der Waals surface area (Å²) < 4.78 is 25.9. The van der Waals surface area contributed by atoms with Crippen LogP contribution in [0.25, 0.3) is 0 Å². The maximum absolute atomic E-state index is 11.7. The zero-order chi connectivity index (χ0) is 11.2. The topological polar surface area (TPSA) is 66.6 Å². The first-order valence-corrected chi connectivity index (χ1v) is 5.85. The van der Waals surface area contributed by atoms with Crippen LogP contribution in [0.15, 0.2) is 12.7 Å². The molecule has 0 aliphatic carbocycles. The van der Waals surface area contributed by atoms with Crippen LogP contribution < -0.4 is 5.73 Å². The molecule has 0 rings (SSSR count). The minimum Gasteiger partial charge on any atom is -0.330 e. The fraction of sp³-hybridized carbons (Fsp3) is 0.750. The molecule has 0 fully saturated rings. The number of rotatable bonds is 7. The number of nitrogens with two attached hydrogens (primary N) is 1. The van der Waals surface area contributed by atoms with Gasteiger partial charge >= 0.3 is 0 Å². The second kappa shape index (κ2) is 6.13. The molecule has 0 aliphatic heterocycles. The summed E-state index contributed by atoms with van der Waals surface area (Å²) in [7, 11) is -0.264. The predicted molar refractivity (Wildman–Crippen MR) is 58.0 cm³/mol. The van der Waals surface area contributed by atoms with E-state index in [0.717, 1.165) is 0 Å². The van der Waals surface area contributed by atoms with Gasteiger partial charge in [0.1, 0.15) is 0 Å². The van der Waals surface area contributed by atoms with Crippen molar-refractivity contribution in [3.05, 3.63) is 12.7 Å². The maximum atomic E-state index is 11.7. The second-order valence-corrected chi connectivity index (χ2v) is 5.18. The van der Waals surface area contributed by atoms with Crippen LogP contribution >= 0.6 is 0 Å². The van der Waals surface area contributed by atoms with E-state index in [4.69, 9.17) is 5.73 Å². The molecule has 0 unspecified atom stereocenters. The Morgan fingerprint density at radius 3 is 2.36 bits per heavy atom. The molecule has 0 aromatic heterocycles. The molecule has 0 saturated carbocycles. The van der Waals surface area contributed by atoms with Gasteiger partial charge in [0.15, 0.2) is 0 Å². The van der Waals surface area contributed by atoms with Crippen LogP contribution in [-0.2, 0) is 10.2 Å². The van der Waals surface area contributed by atoms with E-state index in [1.807, 2.05) is 0 Å². The van der Waals surface area contributed by atoms with E-state index in [1.165, 1.54) is 15.7 Å². The summed E-state index contributed by atoms with van der Waals surface area (Å²) in [5.41, 5.74) is 5.30. The van der Waals surface area contributed by atoms with Crippen molar-refractivity contribution in [1.82, 2.24) is 8.61 Å². The molecule has 0 radical (unpaired) electrons. The van der Waals surface area contributed by atoms with E-state index in [1.54, 1.807) is 13.1 Å². The van der Waals surface area contributed by atoms with Crippen molar-refractivity contribution in [2.45, 2.75) is 6.42 Å². The van der Waals surface area contributed by atoms with Crippen molar-refractivity contribution in [3.63, 3.8) is 0 Å². The Balaban J connectivity index is 4.36. The molecule has 0 spiro atoms. The summed E-state index contributed by atoms with van der Waals surface area (Å²) >= 11 is 0. The molecular weight excluding hydrogens is 202 g/mol. The molecule has 0 bridgehead atoms. The van der Waals surface area contributed by atoms with Crippen LogP contribution in [-0.4, -0.2) is 50.8 Å². The summed E-state index contributed by atoms with van der Waals surface area (Å²) in [6.07, 6.45) is 2.21. The third kappa shape index (κ3) is 3.75. The summed E-state index contributed by atoms with van der Waals surface area (Å²) in [5.74, 6) is 0. The van der Waals surface area contributed by atoms with Crippen LogP contribution in [0.3, 0.4) is 0 Å². The van der Waals surface area contributed by atoms with E-state index >= 15 is 0 Å². The first kappa shape index (κ1) is 13.6. The van der Waals surface area contributed by atoms with Gasteiger partial charge in [-0.25, -0.2) is 0 Å². The highest BCUT2D eigenvalue weighted by atomic mass is 32.2. The lowest BCUT2D eigenvalue weighted by atomic mass is 10.4. The van der Waals surface area contributed by atoms with E-state index in [-0.39, 0.29) is 0 Å². The van der Waals surface area contributed by atoms with Crippen molar-refractivity contribution >= 4 is 10.2 Å². The van der Waals surface area contributed by atoms with Crippen molar-refractivity contribution in [1.29, 1.82) is 0 Å². The Morgan fingerprint density at radius 1 is 1.36 bits per heavy atom. The van der Waals surface area contributed by atoms with E-state index in [9.17, 15) is 8.42 Å². The fourth-order valence-electron chi connectivity index (χ4n) is 0.943. The molecule has 0 aromatic carbocycles. The Kier molecular flexibility index (Phi) is 5.94. The summed E-state index contributed by atoms with van der Waals surface area (Å²) in [5, 5.41) is 0. The third-order valence-electron chi connectivity index (χ3n) is 1.85. The Bertz CT molecular complexity index is 264. The van der Waals surface area contributed by atoms with Crippen LogP contribution in [0.1, 0.15) is 6.42 Å². The second-order valence-electron chi connectivity index (χ2n) is 3.04. The number of hydrogen-bond donors (Lipinski definition) is 1. The molecule has 5 nitrogen and oxygen atoms in total. The van der Waals surface area contributed by atoms with E-state index < -0.39 is 10.2 Å². The lowest BCUT2D eigenvalue weighted by Gasteiger charge is -2.23. The fourth-order valence-corrected chi connectivity index (χ4v) is 2.07. The molecule has 6 heteroatoms. The summed E-state index contributed by atoms with van der Waals surface area (Å²) in [6, 6.07) is 0. The summed E-state index contributed by atoms with van der Waals surface area (Å²) in [4.78, 5) is 0. The van der Waals surface area contributed by atoms with Gasteiger partial charge in [-0.05, 0) is 13.0 Å². The van der Waals surface area contributed by atoms with Crippen molar-refractivity contribution < 1.29 is 8.42 Å². The number of likely N-dealkylation sites (N-methyl/N-ethyl adjacent to an activating group) is 1. The van der Waals surface area contributed by atoms with Crippen molar-refractivity contribution in [3.8, 4) is 0 Å². The normalized spacial score (nSPS) is 12.4. The van der Waals surface area contributed by atoms with Gasteiger partial charge in [-0.15, -0.1) is 6.58 Å². The van der Waals surface area contributed by atoms with Gasteiger partial charge in [0.25, 0.3) is 10.2 Å². The molecular formula is C8H19N3O2S. The Hall–Kier alpha value is -0.430. The minimum atomic E-state index is -3.33. The zero-order valence-electron chi connectivity index (χ0n) is 8.81. The highest BCUT2D eigenvalue weighted by Gasteiger charge is 2.21. The van der Waals surface area contributed by atoms with E-state index in [2.05, 4.69) is 6.58 Å². The molecule has 84 valence electrons. The van der Waals surface area contributed by atoms with Crippen molar-refractivity contribution in [2.75, 3.05) is 33.7 Å². The first-order chi connectivity index (χ1) is 6.46. The molecule has 0 atom stereocenters. The smallest absolute Gasteiger partial charge is 0.281 e. The quantitative estimate of drug-likeness (QED) is 0.596. The monoisotopic (exact) mass is 221 g/mol. The van der Waals surface area contributed by atoms with Crippen molar-refractivity contribution in [2.24, 2.45) is 5.73 Å².